The van der Waals surface area contributed by atoms with Gasteiger partial charge in [-0.05, 0) is 102 Å². The number of benzene rings is 2. The number of unbranched alkanes of at least 4 members (excludes halogenated alkanes) is 4. The van der Waals surface area contributed by atoms with Crippen molar-refractivity contribution in [3.63, 3.8) is 0 Å². The maximum atomic E-state index is 13.9. The van der Waals surface area contributed by atoms with E-state index in [1.807, 2.05) is 6.92 Å². The first-order valence-electron chi connectivity index (χ1n) is 14.4. The maximum absolute atomic E-state index is 13.9. The molecule has 0 bridgehead atoms. The fraction of sp³-hybridized carbons (Fsp3) is 0.594. The van der Waals surface area contributed by atoms with Gasteiger partial charge in [-0.1, -0.05) is 76.3 Å². The molecule has 0 spiro atoms. The van der Waals surface area contributed by atoms with Gasteiger partial charge in [0.15, 0.2) is 6.17 Å². The lowest BCUT2D eigenvalue weighted by molar-refractivity contribution is -0.157. The predicted molar refractivity (Wildman–Crippen MR) is 154 cm³/mol. The summed E-state index contributed by atoms with van der Waals surface area (Å²) < 4.78 is 26.3. The van der Waals surface area contributed by atoms with Crippen LogP contribution in [0.4, 0.5) is 4.39 Å². The van der Waals surface area contributed by atoms with Crippen molar-refractivity contribution in [1.82, 2.24) is 0 Å². The highest BCUT2D eigenvalue weighted by molar-refractivity contribution is 9.10. The van der Waals surface area contributed by atoms with Crippen LogP contribution in [0.3, 0.4) is 0 Å². The molecular formula is C32H44BrFO3. The Morgan fingerprint density at radius 2 is 1.65 bits per heavy atom. The van der Waals surface area contributed by atoms with Gasteiger partial charge in [0.25, 0.3) is 0 Å². The molecule has 5 heteroatoms. The standard InChI is InChI=1S/C32H44BrFO3/c1-3-5-7-8-22-36-31-21-18-27(23-29(31)33)26-16-12-24(13-17-26)10-11-25-14-19-28(20-15-25)37-32(35)30(34)9-6-4-2/h12-13,16-18,21,23,25,28,30H,3-11,14-15,19-20,22H2,1-2H3/t25?,28?,30-/m0/s1. The second-order valence-electron chi connectivity index (χ2n) is 10.5. The van der Waals surface area contributed by atoms with Crippen molar-refractivity contribution in [1.29, 1.82) is 0 Å². The van der Waals surface area contributed by atoms with E-state index in [1.54, 1.807) is 0 Å². The molecule has 2 aromatic carbocycles. The number of carbonyl (C=O) groups excluding carboxylic acids is 1. The average Bonchev–Trinajstić information content (AvgIpc) is 2.92. The molecule has 3 rings (SSSR count). The van der Waals surface area contributed by atoms with Gasteiger partial charge in [0.1, 0.15) is 11.9 Å². The molecular weight excluding hydrogens is 531 g/mol. The monoisotopic (exact) mass is 574 g/mol. The van der Waals surface area contributed by atoms with E-state index in [4.69, 9.17) is 9.47 Å². The summed E-state index contributed by atoms with van der Waals surface area (Å²) in [6.07, 6.45) is 11.1. The van der Waals surface area contributed by atoms with Gasteiger partial charge in [0.05, 0.1) is 11.1 Å². The fourth-order valence-electron chi connectivity index (χ4n) is 5.02. The summed E-state index contributed by atoms with van der Waals surface area (Å²) in [5, 5.41) is 0. The topological polar surface area (TPSA) is 35.5 Å². The molecule has 0 N–H and O–H groups in total. The zero-order valence-electron chi connectivity index (χ0n) is 22.7. The summed E-state index contributed by atoms with van der Waals surface area (Å²) in [5.41, 5.74) is 3.72. The number of ether oxygens (including phenoxy) is 2. The van der Waals surface area contributed by atoms with Crippen molar-refractivity contribution in [2.24, 2.45) is 5.92 Å². The summed E-state index contributed by atoms with van der Waals surface area (Å²) in [7, 11) is 0. The molecule has 3 nitrogen and oxygen atoms in total. The summed E-state index contributed by atoms with van der Waals surface area (Å²) in [5.74, 6) is 0.886. The molecule has 1 aliphatic rings. The zero-order chi connectivity index (χ0) is 26.5. The lowest BCUT2D eigenvalue weighted by Gasteiger charge is -2.28. The Morgan fingerprint density at radius 1 is 0.946 bits per heavy atom. The molecule has 1 fully saturated rings. The molecule has 204 valence electrons. The Morgan fingerprint density at radius 3 is 2.32 bits per heavy atom. The largest absolute Gasteiger partial charge is 0.492 e. The Labute approximate surface area is 231 Å². The summed E-state index contributed by atoms with van der Waals surface area (Å²) >= 11 is 3.67. The summed E-state index contributed by atoms with van der Waals surface area (Å²) in [6.45, 7) is 4.98. The van der Waals surface area contributed by atoms with Crippen molar-refractivity contribution >= 4 is 21.9 Å². The van der Waals surface area contributed by atoms with E-state index < -0.39 is 12.1 Å². The van der Waals surface area contributed by atoms with Crippen LogP contribution in [0.2, 0.25) is 0 Å². The van der Waals surface area contributed by atoms with Crippen LogP contribution >= 0.6 is 15.9 Å². The van der Waals surface area contributed by atoms with Crippen LogP contribution < -0.4 is 4.74 Å². The van der Waals surface area contributed by atoms with E-state index in [-0.39, 0.29) is 12.5 Å². The van der Waals surface area contributed by atoms with Crippen LogP contribution in [0.15, 0.2) is 46.9 Å². The molecule has 2 aromatic rings. The van der Waals surface area contributed by atoms with Crippen molar-refractivity contribution in [3.05, 3.63) is 52.5 Å². The van der Waals surface area contributed by atoms with Gasteiger partial charge in [0.2, 0.25) is 0 Å². The molecule has 1 atom stereocenters. The molecule has 1 aliphatic carbocycles. The van der Waals surface area contributed by atoms with Gasteiger partial charge in [0, 0.05) is 0 Å². The average molecular weight is 576 g/mol. The third-order valence-electron chi connectivity index (χ3n) is 7.46. The lowest BCUT2D eigenvalue weighted by Crippen LogP contribution is -2.29. The first-order chi connectivity index (χ1) is 18.0. The SMILES string of the molecule is CCCCCCOc1ccc(-c2ccc(CCC3CCC(OC(=O)[C@@H](F)CCCC)CC3)cc2)cc1Br. The van der Waals surface area contributed by atoms with Crippen molar-refractivity contribution in [2.45, 2.75) is 110 Å². The highest BCUT2D eigenvalue weighted by Crippen LogP contribution is 2.32. The van der Waals surface area contributed by atoms with E-state index in [0.717, 1.165) is 74.6 Å². The summed E-state index contributed by atoms with van der Waals surface area (Å²) in [4.78, 5) is 11.9. The predicted octanol–water partition coefficient (Wildman–Crippen LogP) is 9.64. The van der Waals surface area contributed by atoms with Gasteiger partial charge in [-0.2, -0.15) is 0 Å². The summed E-state index contributed by atoms with van der Waals surface area (Å²) in [6, 6.07) is 15.2. The minimum absolute atomic E-state index is 0.111. The molecule has 0 heterocycles. The van der Waals surface area contributed by atoms with Gasteiger partial charge in [-0.3, -0.25) is 0 Å². The molecule has 0 amide bonds. The van der Waals surface area contributed by atoms with Crippen LogP contribution in [0.1, 0.15) is 96.5 Å². The number of esters is 1. The molecule has 0 saturated heterocycles. The van der Waals surface area contributed by atoms with Crippen molar-refractivity contribution in [2.75, 3.05) is 6.61 Å². The minimum Gasteiger partial charge on any atom is -0.492 e. The third-order valence-corrected chi connectivity index (χ3v) is 8.08. The van der Waals surface area contributed by atoms with Crippen LogP contribution in [0, 0.1) is 5.92 Å². The van der Waals surface area contributed by atoms with Crippen LogP contribution in [0.5, 0.6) is 5.75 Å². The lowest BCUT2D eigenvalue weighted by atomic mass is 9.83. The fourth-order valence-corrected chi connectivity index (χ4v) is 5.51. The van der Waals surface area contributed by atoms with Crippen LogP contribution in [-0.2, 0) is 16.0 Å². The Kier molecular flexibility index (Phi) is 13.0. The highest BCUT2D eigenvalue weighted by Gasteiger charge is 2.27. The number of rotatable bonds is 15. The van der Waals surface area contributed by atoms with Gasteiger partial charge >= 0.3 is 5.97 Å². The second-order valence-corrected chi connectivity index (χ2v) is 11.3. The maximum Gasteiger partial charge on any atom is 0.340 e. The van der Waals surface area contributed by atoms with E-state index in [1.165, 1.54) is 36.0 Å². The van der Waals surface area contributed by atoms with E-state index in [9.17, 15) is 9.18 Å². The van der Waals surface area contributed by atoms with Gasteiger partial charge < -0.3 is 9.47 Å². The first kappa shape index (κ1) is 29.7. The first-order valence-corrected chi connectivity index (χ1v) is 15.2. The Bertz CT molecular complexity index is 938. The number of hydrogen-bond donors (Lipinski definition) is 0. The molecule has 37 heavy (non-hydrogen) atoms. The highest BCUT2D eigenvalue weighted by atomic mass is 79.9. The number of hydrogen-bond acceptors (Lipinski definition) is 3. The van der Waals surface area contributed by atoms with Crippen molar-refractivity contribution in [3.8, 4) is 16.9 Å². The molecule has 0 aliphatic heterocycles. The smallest absolute Gasteiger partial charge is 0.340 e. The van der Waals surface area contributed by atoms with Crippen LogP contribution in [-0.4, -0.2) is 24.9 Å². The Balaban J connectivity index is 1.40. The number of alkyl halides is 1. The van der Waals surface area contributed by atoms with E-state index >= 15 is 0 Å². The van der Waals surface area contributed by atoms with E-state index in [2.05, 4.69) is 65.3 Å². The van der Waals surface area contributed by atoms with Gasteiger partial charge in [-0.15, -0.1) is 0 Å². The number of carbonyl (C=O) groups is 1. The number of aryl methyl sites for hydroxylation is 1. The Hall–Kier alpha value is -1.88. The van der Waals surface area contributed by atoms with Crippen LogP contribution in [0.25, 0.3) is 11.1 Å². The third kappa shape index (κ3) is 10.1. The quantitative estimate of drug-likeness (QED) is 0.157. The van der Waals surface area contributed by atoms with E-state index in [0.29, 0.717) is 5.92 Å². The number of halogens is 2. The second kappa shape index (κ2) is 16.2. The van der Waals surface area contributed by atoms with Gasteiger partial charge in [-0.25, -0.2) is 9.18 Å². The zero-order valence-corrected chi connectivity index (χ0v) is 24.2. The molecule has 0 aromatic heterocycles. The molecule has 1 saturated carbocycles. The molecule has 0 unspecified atom stereocenters. The molecule has 0 radical (unpaired) electrons. The van der Waals surface area contributed by atoms with Crippen molar-refractivity contribution < 1.29 is 18.7 Å². The normalized spacial score (nSPS) is 18.4. The minimum atomic E-state index is -1.46.